The molecule has 0 bridgehead atoms. The Hall–Kier alpha value is -0.970. The number of hydrogen-bond acceptors (Lipinski definition) is 3. The van der Waals surface area contributed by atoms with Gasteiger partial charge in [0.05, 0.1) is 11.3 Å². The zero-order valence-electron chi connectivity index (χ0n) is 12.0. The molecule has 1 aliphatic rings. The van der Waals surface area contributed by atoms with Gasteiger partial charge in [0.1, 0.15) is 0 Å². The highest BCUT2D eigenvalue weighted by Crippen LogP contribution is 2.38. The minimum atomic E-state index is 0.00254. The number of nitrogens with zero attached hydrogens (tertiary/aromatic N) is 1. The maximum atomic E-state index is 12.3. The van der Waals surface area contributed by atoms with E-state index in [1.54, 1.807) is 0 Å². The van der Waals surface area contributed by atoms with Crippen molar-refractivity contribution >= 4 is 17.7 Å². The van der Waals surface area contributed by atoms with Crippen molar-refractivity contribution in [2.75, 3.05) is 12.8 Å². The van der Waals surface area contributed by atoms with Gasteiger partial charge >= 0.3 is 0 Å². The number of aryl methyl sites for hydroxylation is 2. The second-order valence-electron chi connectivity index (χ2n) is 5.44. The third-order valence-electron chi connectivity index (χ3n) is 4.12. The molecule has 2 rings (SSSR count). The van der Waals surface area contributed by atoms with Crippen molar-refractivity contribution < 1.29 is 4.79 Å². The van der Waals surface area contributed by atoms with Crippen LogP contribution in [0.25, 0.3) is 0 Å². The highest BCUT2D eigenvalue weighted by molar-refractivity contribution is 8.00. The molecule has 0 aliphatic heterocycles. The lowest BCUT2D eigenvalue weighted by Gasteiger charge is -2.35. The average molecular weight is 281 g/mol. The van der Waals surface area contributed by atoms with Crippen LogP contribution in [0.2, 0.25) is 0 Å². The maximum Gasteiger partial charge on any atom is 0.255 e. The molecule has 1 amide bonds. The second kappa shape index (κ2) is 5.99. The van der Waals surface area contributed by atoms with Gasteiger partial charge in [-0.15, -0.1) is 0 Å². The molecule has 0 spiro atoms. The van der Waals surface area contributed by atoms with Crippen molar-refractivity contribution in [3.8, 4) is 0 Å². The van der Waals surface area contributed by atoms with Crippen molar-refractivity contribution in [1.82, 2.24) is 15.5 Å². The van der Waals surface area contributed by atoms with Gasteiger partial charge in [0, 0.05) is 17.0 Å². The molecule has 1 saturated carbocycles. The summed E-state index contributed by atoms with van der Waals surface area (Å²) in [4.78, 5) is 12.3. The van der Waals surface area contributed by atoms with Crippen LogP contribution in [0.5, 0.6) is 0 Å². The molecular weight excluding hydrogens is 258 g/mol. The first kappa shape index (κ1) is 14.4. The molecule has 0 radical (unpaired) electrons. The smallest absolute Gasteiger partial charge is 0.255 e. The van der Waals surface area contributed by atoms with E-state index in [9.17, 15) is 4.79 Å². The van der Waals surface area contributed by atoms with Crippen LogP contribution in [0.15, 0.2) is 0 Å². The van der Waals surface area contributed by atoms with Crippen LogP contribution >= 0.6 is 11.8 Å². The van der Waals surface area contributed by atoms with Crippen molar-refractivity contribution in [1.29, 1.82) is 0 Å². The standard InChI is InChI=1S/C14H23N3OS/c1-10-12(11(2)17-16-10)13(18)15-9-14(19-3)7-5-4-6-8-14/h4-9H2,1-3H3,(H,15,18)(H,16,17). The maximum absolute atomic E-state index is 12.3. The third-order valence-corrected chi connectivity index (χ3v) is 5.54. The Balaban J connectivity index is 2.00. The van der Waals surface area contributed by atoms with Crippen molar-refractivity contribution in [3.63, 3.8) is 0 Å². The number of nitrogens with one attached hydrogen (secondary N) is 2. The second-order valence-corrected chi connectivity index (χ2v) is 6.71. The molecular formula is C14H23N3OS. The largest absolute Gasteiger partial charge is 0.351 e. The number of thioether (sulfide) groups is 1. The van der Waals surface area contributed by atoms with E-state index < -0.39 is 0 Å². The Morgan fingerprint density at radius 3 is 2.58 bits per heavy atom. The minimum Gasteiger partial charge on any atom is -0.351 e. The van der Waals surface area contributed by atoms with Gasteiger partial charge in [-0.25, -0.2) is 0 Å². The van der Waals surface area contributed by atoms with Crippen LogP contribution in [0, 0.1) is 13.8 Å². The fourth-order valence-corrected chi connectivity index (χ4v) is 3.78. The van der Waals surface area contributed by atoms with Gasteiger partial charge in [0.2, 0.25) is 0 Å². The summed E-state index contributed by atoms with van der Waals surface area (Å²) < 4.78 is 0.236. The van der Waals surface area contributed by atoms with E-state index in [2.05, 4.69) is 21.8 Å². The van der Waals surface area contributed by atoms with E-state index >= 15 is 0 Å². The average Bonchev–Trinajstić information content (AvgIpc) is 2.77. The van der Waals surface area contributed by atoms with Crippen LogP contribution in [0.3, 0.4) is 0 Å². The molecule has 0 unspecified atom stereocenters. The van der Waals surface area contributed by atoms with Crippen LogP contribution in [-0.2, 0) is 0 Å². The molecule has 19 heavy (non-hydrogen) atoms. The number of carbonyl (C=O) groups is 1. The molecule has 4 nitrogen and oxygen atoms in total. The predicted octanol–water partition coefficient (Wildman–Crippen LogP) is 2.82. The Morgan fingerprint density at radius 2 is 2.05 bits per heavy atom. The number of rotatable bonds is 4. The van der Waals surface area contributed by atoms with E-state index in [4.69, 9.17) is 0 Å². The molecule has 1 heterocycles. The molecule has 5 heteroatoms. The quantitative estimate of drug-likeness (QED) is 0.892. The molecule has 1 aromatic rings. The molecule has 1 fully saturated rings. The number of aromatic amines is 1. The lowest BCUT2D eigenvalue weighted by Crippen LogP contribution is -2.42. The minimum absolute atomic E-state index is 0.00254. The Labute approximate surface area is 119 Å². The summed E-state index contributed by atoms with van der Waals surface area (Å²) in [6, 6.07) is 0. The van der Waals surface area contributed by atoms with E-state index in [1.807, 2.05) is 25.6 Å². The Bertz CT molecular complexity index is 430. The van der Waals surface area contributed by atoms with Gasteiger partial charge in [0.25, 0.3) is 5.91 Å². The monoisotopic (exact) mass is 281 g/mol. The first-order valence-corrected chi connectivity index (χ1v) is 8.15. The zero-order chi connectivity index (χ0) is 13.9. The predicted molar refractivity (Wildman–Crippen MR) is 79.7 cm³/mol. The molecule has 0 aromatic carbocycles. The number of aromatic nitrogens is 2. The normalized spacial score (nSPS) is 18.3. The van der Waals surface area contributed by atoms with Gasteiger partial charge in [-0.05, 0) is 32.9 Å². The van der Waals surface area contributed by atoms with Gasteiger partial charge < -0.3 is 5.32 Å². The highest BCUT2D eigenvalue weighted by atomic mass is 32.2. The molecule has 2 N–H and O–H groups in total. The van der Waals surface area contributed by atoms with Crippen molar-refractivity contribution in [3.05, 3.63) is 17.0 Å². The molecule has 106 valence electrons. The summed E-state index contributed by atoms with van der Waals surface area (Å²) in [6.07, 6.45) is 8.46. The lowest BCUT2D eigenvalue weighted by molar-refractivity contribution is 0.0946. The van der Waals surface area contributed by atoms with E-state index in [-0.39, 0.29) is 10.7 Å². The SMILES string of the molecule is CSC1(CNC(=O)c2c(C)n[nH]c2C)CCCCC1. The molecule has 1 aliphatic carbocycles. The van der Waals surface area contributed by atoms with E-state index in [0.29, 0.717) is 5.56 Å². The van der Waals surface area contributed by atoms with E-state index in [0.717, 1.165) is 17.9 Å². The van der Waals surface area contributed by atoms with Crippen molar-refractivity contribution in [2.24, 2.45) is 0 Å². The number of hydrogen-bond donors (Lipinski definition) is 2. The summed E-state index contributed by atoms with van der Waals surface area (Å²) in [6.45, 7) is 4.51. The third kappa shape index (κ3) is 3.14. The number of H-pyrrole nitrogens is 1. The van der Waals surface area contributed by atoms with Crippen LogP contribution in [0.1, 0.15) is 53.8 Å². The van der Waals surface area contributed by atoms with Gasteiger partial charge in [-0.2, -0.15) is 16.9 Å². The molecule has 1 aromatic heterocycles. The Morgan fingerprint density at radius 1 is 1.37 bits per heavy atom. The summed E-state index contributed by atoms with van der Waals surface area (Å²) in [7, 11) is 0. The topological polar surface area (TPSA) is 57.8 Å². The summed E-state index contributed by atoms with van der Waals surface area (Å²) in [5, 5.41) is 10.1. The molecule has 0 saturated heterocycles. The number of amides is 1. The van der Waals surface area contributed by atoms with Gasteiger partial charge in [-0.1, -0.05) is 19.3 Å². The first-order valence-electron chi connectivity index (χ1n) is 6.93. The summed E-state index contributed by atoms with van der Waals surface area (Å²) >= 11 is 1.90. The Kier molecular flexibility index (Phi) is 4.55. The first-order chi connectivity index (χ1) is 9.08. The fraction of sp³-hybridized carbons (Fsp3) is 0.714. The lowest BCUT2D eigenvalue weighted by atomic mass is 9.88. The van der Waals surface area contributed by atoms with Crippen LogP contribution in [-0.4, -0.2) is 33.7 Å². The van der Waals surface area contributed by atoms with E-state index in [1.165, 1.54) is 32.1 Å². The fourth-order valence-electron chi connectivity index (χ4n) is 2.86. The van der Waals surface area contributed by atoms with Crippen molar-refractivity contribution in [2.45, 2.75) is 50.7 Å². The van der Waals surface area contributed by atoms with Gasteiger partial charge in [0.15, 0.2) is 0 Å². The summed E-state index contributed by atoms with van der Waals surface area (Å²) in [5.41, 5.74) is 2.32. The van der Waals surface area contributed by atoms with Crippen LogP contribution in [0.4, 0.5) is 0 Å². The summed E-state index contributed by atoms with van der Waals surface area (Å²) in [5.74, 6) is 0.00254. The van der Waals surface area contributed by atoms with Gasteiger partial charge in [-0.3, -0.25) is 9.89 Å². The molecule has 0 atom stereocenters. The zero-order valence-corrected chi connectivity index (χ0v) is 12.8. The highest BCUT2D eigenvalue weighted by Gasteiger charge is 2.31. The number of carbonyl (C=O) groups excluding carboxylic acids is 1. The van der Waals surface area contributed by atoms with Crippen LogP contribution < -0.4 is 5.32 Å².